The van der Waals surface area contributed by atoms with Gasteiger partial charge >= 0.3 is 29.6 Å². The van der Waals surface area contributed by atoms with E-state index < -0.39 is 12.1 Å². The van der Waals surface area contributed by atoms with E-state index in [1.54, 1.807) is 31.4 Å². The predicted octanol–water partition coefficient (Wildman–Crippen LogP) is -3.11. The molecule has 0 amide bonds. The van der Waals surface area contributed by atoms with Crippen LogP contribution in [0.5, 0.6) is 5.75 Å². The molecule has 0 aliphatic carbocycles. The van der Waals surface area contributed by atoms with Crippen LogP contribution in [-0.4, -0.2) is 19.2 Å². The number of epoxide rings is 1. The quantitative estimate of drug-likeness (QED) is 0.396. The molecule has 0 saturated carbocycles. The maximum absolute atomic E-state index is 10.4. The molecule has 0 spiro atoms. The fourth-order valence-electron chi connectivity index (χ4n) is 1.34. The van der Waals surface area contributed by atoms with Crippen molar-refractivity contribution < 1.29 is 48.9 Å². The molecular formula is C10H9NaO4. The smallest absolute Gasteiger partial charge is 0.547 e. The molecule has 0 radical (unpaired) electrons. The number of carbonyl (C=O) groups excluding carboxylic acids is 1. The monoisotopic (exact) mass is 216 g/mol. The van der Waals surface area contributed by atoms with Crippen LogP contribution in [0.2, 0.25) is 0 Å². The van der Waals surface area contributed by atoms with Crippen molar-refractivity contribution in [2.45, 2.75) is 12.2 Å². The summed E-state index contributed by atoms with van der Waals surface area (Å²) in [6.07, 6.45) is -1.14. The van der Waals surface area contributed by atoms with Crippen molar-refractivity contribution in [3.63, 3.8) is 0 Å². The van der Waals surface area contributed by atoms with Gasteiger partial charge in [-0.1, -0.05) is 12.1 Å². The van der Waals surface area contributed by atoms with Gasteiger partial charge in [-0.05, 0) is 17.7 Å². The number of benzene rings is 1. The molecule has 2 unspecified atom stereocenters. The van der Waals surface area contributed by atoms with E-state index in [1.807, 2.05) is 0 Å². The second-order valence-electron chi connectivity index (χ2n) is 3.07. The summed E-state index contributed by atoms with van der Waals surface area (Å²) in [7, 11) is 1.58. The Morgan fingerprint density at radius 1 is 1.40 bits per heavy atom. The first kappa shape index (κ1) is 12.5. The Morgan fingerprint density at radius 2 is 2.00 bits per heavy atom. The zero-order valence-electron chi connectivity index (χ0n) is 8.60. The number of hydrogen-bond donors (Lipinski definition) is 0. The van der Waals surface area contributed by atoms with Crippen LogP contribution in [-0.2, 0) is 9.53 Å². The van der Waals surface area contributed by atoms with Crippen LogP contribution >= 0.6 is 0 Å². The molecule has 15 heavy (non-hydrogen) atoms. The average molecular weight is 216 g/mol. The van der Waals surface area contributed by atoms with Gasteiger partial charge in [0, 0.05) is 0 Å². The molecule has 2 atom stereocenters. The van der Waals surface area contributed by atoms with Gasteiger partial charge in [0.2, 0.25) is 0 Å². The Balaban J connectivity index is 0.00000112. The summed E-state index contributed by atoms with van der Waals surface area (Å²) in [4.78, 5) is 10.4. The fourth-order valence-corrected chi connectivity index (χ4v) is 1.34. The fraction of sp³-hybridized carbons (Fsp3) is 0.300. The van der Waals surface area contributed by atoms with Gasteiger partial charge in [0.1, 0.15) is 18.0 Å². The number of ether oxygens (including phenoxy) is 2. The van der Waals surface area contributed by atoms with Crippen LogP contribution < -0.4 is 39.4 Å². The molecule has 5 heteroatoms. The number of carboxylic acids is 1. The summed E-state index contributed by atoms with van der Waals surface area (Å²) in [5.74, 6) is -0.426. The molecule has 2 rings (SSSR count). The van der Waals surface area contributed by atoms with E-state index in [4.69, 9.17) is 9.47 Å². The number of carbonyl (C=O) groups is 1. The summed E-state index contributed by atoms with van der Waals surface area (Å²) < 4.78 is 9.91. The van der Waals surface area contributed by atoms with Crippen LogP contribution in [0.3, 0.4) is 0 Å². The molecular weight excluding hydrogens is 207 g/mol. The third kappa shape index (κ3) is 2.72. The molecule has 1 aromatic rings. The van der Waals surface area contributed by atoms with Crippen molar-refractivity contribution in [1.29, 1.82) is 0 Å². The molecule has 0 aromatic heterocycles. The number of methoxy groups -OCH3 is 1. The van der Waals surface area contributed by atoms with Crippen molar-refractivity contribution in [2.24, 2.45) is 0 Å². The first-order valence-corrected chi connectivity index (χ1v) is 4.22. The SMILES string of the molecule is COc1ccc(C2OC2C(=O)[O-])cc1.[Na+]. The van der Waals surface area contributed by atoms with Crippen molar-refractivity contribution in [1.82, 2.24) is 0 Å². The Hall–Kier alpha value is -0.550. The molecule has 1 aromatic carbocycles. The number of aliphatic carboxylic acids is 1. The van der Waals surface area contributed by atoms with Gasteiger partial charge in [0.25, 0.3) is 0 Å². The van der Waals surface area contributed by atoms with Crippen molar-refractivity contribution in [2.75, 3.05) is 7.11 Å². The van der Waals surface area contributed by atoms with Gasteiger partial charge in [0.15, 0.2) is 0 Å². The molecule has 1 heterocycles. The molecule has 0 bridgehead atoms. The van der Waals surface area contributed by atoms with Crippen LogP contribution in [0, 0.1) is 0 Å². The van der Waals surface area contributed by atoms with E-state index in [0.717, 1.165) is 11.3 Å². The topological polar surface area (TPSA) is 61.9 Å². The van der Waals surface area contributed by atoms with E-state index in [0.29, 0.717) is 0 Å². The minimum Gasteiger partial charge on any atom is -0.547 e. The third-order valence-electron chi connectivity index (χ3n) is 2.17. The van der Waals surface area contributed by atoms with Gasteiger partial charge in [-0.15, -0.1) is 0 Å². The van der Waals surface area contributed by atoms with Gasteiger partial charge in [-0.25, -0.2) is 0 Å². The summed E-state index contributed by atoms with van der Waals surface area (Å²) >= 11 is 0. The molecule has 0 N–H and O–H groups in total. The molecule has 1 saturated heterocycles. The maximum atomic E-state index is 10.4. The van der Waals surface area contributed by atoms with Crippen molar-refractivity contribution in [3.05, 3.63) is 29.8 Å². The molecule has 74 valence electrons. The summed E-state index contributed by atoms with van der Waals surface area (Å²) in [5, 5.41) is 10.4. The zero-order valence-corrected chi connectivity index (χ0v) is 10.6. The molecule has 1 fully saturated rings. The third-order valence-corrected chi connectivity index (χ3v) is 2.17. The second-order valence-corrected chi connectivity index (χ2v) is 3.07. The van der Waals surface area contributed by atoms with E-state index in [9.17, 15) is 9.90 Å². The zero-order chi connectivity index (χ0) is 10.1. The molecule has 1 aliphatic heterocycles. The predicted molar refractivity (Wildman–Crippen MR) is 45.6 cm³/mol. The second kappa shape index (κ2) is 4.99. The summed E-state index contributed by atoms with van der Waals surface area (Å²) in [6, 6.07) is 7.10. The van der Waals surface area contributed by atoms with Crippen LogP contribution in [0.1, 0.15) is 11.7 Å². The Morgan fingerprint density at radius 3 is 2.40 bits per heavy atom. The van der Waals surface area contributed by atoms with Crippen molar-refractivity contribution >= 4 is 5.97 Å². The average Bonchev–Trinajstić information content (AvgIpc) is 2.97. The minimum absolute atomic E-state index is 0. The van der Waals surface area contributed by atoms with Gasteiger partial charge in [-0.2, -0.15) is 0 Å². The van der Waals surface area contributed by atoms with Gasteiger partial charge in [0.05, 0.1) is 13.1 Å². The standard InChI is InChI=1S/C10H10O4.Na/c1-13-7-4-2-6(3-5-7)8-9(14-8)10(11)12;/h2-5,8-9H,1H3,(H,11,12);/q;+1/p-1. The summed E-state index contributed by atoms with van der Waals surface area (Å²) in [6.45, 7) is 0. The largest absolute Gasteiger partial charge is 1.00 e. The van der Waals surface area contributed by atoms with Gasteiger partial charge < -0.3 is 19.4 Å². The Labute approximate surface area is 109 Å². The Bertz CT molecular complexity index is 349. The molecule has 1 aliphatic rings. The van der Waals surface area contributed by atoms with E-state index in [-0.39, 0.29) is 35.7 Å². The number of hydrogen-bond acceptors (Lipinski definition) is 4. The number of rotatable bonds is 3. The number of carboxylic acid groups (broad SMARTS) is 1. The van der Waals surface area contributed by atoms with Crippen LogP contribution in [0.15, 0.2) is 24.3 Å². The maximum Gasteiger partial charge on any atom is 1.00 e. The normalized spacial score (nSPS) is 22.7. The van der Waals surface area contributed by atoms with Crippen LogP contribution in [0.25, 0.3) is 0 Å². The first-order valence-electron chi connectivity index (χ1n) is 4.22. The van der Waals surface area contributed by atoms with Crippen LogP contribution in [0.4, 0.5) is 0 Å². The minimum atomic E-state index is -1.16. The van der Waals surface area contributed by atoms with Gasteiger partial charge in [-0.3, -0.25) is 0 Å². The first-order chi connectivity index (χ1) is 6.72. The van der Waals surface area contributed by atoms with E-state index in [1.165, 1.54) is 0 Å². The van der Waals surface area contributed by atoms with E-state index in [2.05, 4.69) is 0 Å². The van der Waals surface area contributed by atoms with Crippen molar-refractivity contribution in [3.8, 4) is 5.75 Å². The Kier molecular flexibility index (Phi) is 4.16. The molecule has 4 nitrogen and oxygen atoms in total. The van der Waals surface area contributed by atoms with E-state index >= 15 is 0 Å². The summed E-state index contributed by atoms with van der Waals surface area (Å²) in [5.41, 5.74) is 0.833.